The number of para-hydroxylation sites is 1. The fourth-order valence-electron chi connectivity index (χ4n) is 8.58. The Labute approximate surface area is 292 Å². The SMILES string of the molecule is CC1(C)c2ccccc2-c2c(-c3ccc4c(c3)c3ccccc3n4-c3cc(-c4ccccc4)cc(-c4cccc5ccccc45)c3)cccc21. The van der Waals surface area contributed by atoms with Crippen LogP contribution in [-0.4, -0.2) is 4.57 Å². The van der Waals surface area contributed by atoms with Gasteiger partial charge in [-0.1, -0.05) is 153 Å². The van der Waals surface area contributed by atoms with Gasteiger partial charge in [0.05, 0.1) is 11.0 Å². The second-order valence-corrected chi connectivity index (χ2v) is 14.1. The molecule has 1 aliphatic carbocycles. The highest BCUT2D eigenvalue weighted by Gasteiger charge is 2.36. The first-order valence-electron chi connectivity index (χ1n) is 17.5. The highest BCUT2D eigenvalue weighted by molar-refractivity contribution is 6.11. The third-order valence-corrected chi connectivity index (χ3v) is 11.0. The van der Waals surface area contributed by atoms with Gasteiger partial charge in [-0.05, 0) is 103 Å². The van der Waals surface area contributed by atoms with Crippen molar-refractivity contribution in [1.29, 1.82) is 0 Å². The summed E-state index contributed by atoms with van der Waals surface area (Å²) < 4.78 is 2.46. The third-order valence-electron chi connectivity index (χ3n) is 11.0. The van der Waals surface area contributed by atoms with Gasteiger partial charge < -0.3 is 4.57 Å². The number of hydrogen-bond acceptors (Lipinski definition) is 0. The molecule has 0 bridgehead atoms. The van der Waals surface area contributed by atoms with Gasteiger partial charge in [-0.15, -0.1) is 0 Å². The molecule has 0 saturated carbocycles. The average Bonchev–Trinajstić information content (AvgIpc) is 3.63. The zero-order chi connectivity index (χ0) is 33.4. The van der Waals surface area contributed by atoms with Gasteiger partial charge in [0.15, 0.2) is 0 Å². The van der Waals surface area contributed by atoms with Crippen LogP contribution in [-0.2, 0) is 5.41 Å². The third kappa shape index (κ3) is 4.27. The van der Waals surface area contributed by atoms with Crippen LogP contribution in [0.25, 0.3) is 82.8 Å². The molecule has 1 nitrogen and oxygen atoms in total. The summed E-state index contributed by atoms with van der Waals surface area (Å²) in [5.74, 6) is 0. The molecule has 1 aromatic heterocycles. The first-order valence-corrected chi connectivity index (χ1v) is 17.5. The molecule has 50 heavy (non-hydrogen) atoms. The Morgan fingerprint density at radius 3 is 1.92 bits per heavy atom. The maximum Gasteiger partial charge on any atom is 0.0541 e. The van der Waals surface area contributed by atoms with Crippen molar-refractivity contribution in [3.63, 3.8) is 0 Å². The lowest BCUT2D eigenvalue weighted by molar-refractivity contribution is 0.660. The highest BCUT2D eigenvalue weighted by Crippen LogP contribution is 2.52. The van der Waals surface area contributed by atoms with Crippen LogP contribution < -0.4 is 0 Å². The molecule has 0 spiro atoms. The van der Waals surface area contributed by atoms with E-state index in [1.165, 1.54) is 88.2 Å². The van der Waals surface area contributed by atoms with Gasteiger partial charge in [-0.3, -0.25) is 0 Å². The minimum absolute atomic E-state index is 0.0341. The molecule has 1 heteroatoms. The molecule has 1 heterocycles. The van der Waals surface area contributed by atoms with E-state index in [1.807, 2.05) is 0 Å². The topological polar surface area (TPSA) is 4.93 Å². The van der Waals surface area contributed by atoms with Crippen molar-refractivity contribution in [2.75, 3.05) is 0 Å². The van der Waals surface area contributed by atoms with Crippen LogP contribution in [0.2, 0.25) is 0 Å². The molecule has 0 fully saturated rings. The molecular weight excluding hydrogens is 603 g/mol. The maximum atomic E-state index is 2.46. The van der Waals surface area contributed by atoms with Gasteiger partial charge in [0.25, 0.3) is 0 Å². The summed E-state index contributed by atoms with van der Waals surface area (Å²) in [7, 11) is 0. The van der Waals surface area contributed by atoms with E-state index in [-0.39, 0.29) is 5.41 Å². The number of aromatic nitrogens is 1. The second kappa shape index (κ2) is 10.9. The minimum Gasteiger partial charge on any atom is -0.309 e. The van der Waals surface area contributed by atoms with Crippen molar-refractivity contribution in [2.24, 2.45) is 0 Å². The van der Waals surface area contributed by atoms with Crippen LogP contribution >= 0.6 is 0 Å². The Bertz CT molecular complexity index is 2770. The monoisotopic (exact) mass is 637 g/mol. The van der Waals surface area contributed by atoms with Crippen LogP contribution in [0, 0.1) is 0 Å². The fourth-order valence-corrected chi connectivity index (χ4v) is 8.58. The maximum absolute atomic E-state index is 2.46. The Balaban J connectivity index is 1.22. The molecule has 0 saturated heterocycles. The van der Waals surface area contributed by atoms with Crippen molar-refractivity contribution in [3.8, 4) is 50.2 Å². The molecule has 1 aliphatic rings. The summed E-state index contributed by atoms with van der Waals surface area (Å²) in [5, 5.41) is 5.03. The number of hydrogen-bond donors (Lipinski definition) is 0. The van der Waals surface area contributed by atoms with Crippen LogP contribution in [0.5, 0.6) is 0 Å². The van der Waals surface area contributed by atoms with E-state index in [0.29, 0.717) is 0 Å². The van der Waals surface area contributed by atoms with Crippen LogP contribution in [0.1, 0.15) is 25.0 Å². The van der Waals surface area contributed by atoms with Crippen molar-refractivity contribution >= 4 is 32.6 Å². The zero-order valence-electron chi connectivity index (χ0n) is 28.2. The van der Waals surface area contributed by atoms with E-state index in [2.05, 4.69) is 194 Å². The molecule has 0 unspecified atom stereocenters. The van der Waals surface area contributed by atoms with Gasteiger partial charge >= 0.3 is 0 Å². The molecule has 0 N–H and O–H groups in total. The van der Waals surface area contributed by atoms with Gasteiger partial charge in [-0.2, -0.15) is 0 Å². The lowest BCUT2D eigenvalue weighted by atomic mass is 9.82. The van der Waals surface area contributed by atoms with Crippen LogP contribution in [0.4, 0.5) is 0 Å². The number of fused-ring (bicyclic) bond motifs is 7. The van der Waals surface area contributed by atoms with Crippen molar-refractivity contribution < 1.29 is 0 Å². The summed E-state index contributed by atoms with van der Waals surface area (Å²) in [6, 6.07) is 64.9. The Morgan fingerprint density at radius 2 is 1.02 bits per heavy atom. The minimum atomic E-state index is -0.0341. The molecule has 8 aromatic carbocycles. The molecule has 0 radical (unpaired) electrons. The molecule has 0 aliphatic heterocycles. The normalized spacial score (nSPS) is 13.2. The summed E-state index contributed by atoms with van der Waals surface area (Å²) in [4.78, 5) is 0. The van der Waals surface area contributed by atoms with Crippen molar-refractivity contribution in [2.45, 2.75) is 19.3 Å². The van der Waals surface area contributed by atoms with Crippen LogP contribution in [0.3, 0.4) is 0 Å². The Hall–Kier alpha value is -6.18. The second-order valence-electron chi connectivity index (χ2n) is 14.1. The van der Waals surface area contributed by atoms with Crippen LogP contribution in [0.15, 0.2) is 176 Å². The van der Waals surface area contributed by atoms with Gasteiger partial charge in [0.1, 0.15) is 0 Å². The number of rotatable bonds is 4. The molecule has 0 amide bonds. The smallest absolute Gasteiger partial charge is 0.0541 e. The molecule has 9 aromatic rings. The molecule has 0 atom stereocenters. The van der Waals surface area contributed by atoms with Gasteiger partial charge in [0, 0.05) is 21.9 Å². The summed E-state index contributed by atoms with van der Waals surface area (Å²) >= 11 is 0. The predicted octanol–water partition coefficient (Wildman–Crippen LogP) is 13.2. The van der Waals surface area contributed by atoms with E-state index in [4.69, 9.17) is 0 Å². The largest absolute Gasteiger partial charge is 0.309 e. The van der Waals surface area contributed by atoms with Crippen molar-refractivity contribution in [1.82, 2.24) is 4.57 Å². The zero-order valence-corrected chi connectivity index (χ0v) is 28.2. The van der Waals surface area contributed by atoms with Gasteiger partial charge in [0.2, 0.25) is 0 Å². The van der Waals surface area contributed by atoms with E-state index >= 15 is 0 Å². The summed E-state index contributed by atoms with van der Waals surface area (Å²) in [6.45, 7) is 4.71. The fraction of sp³-hybridized carbons (Fsp3) is 0.0612. The van der Waals surface area contributed by atoms with Gasteiger partial charge in [-0.25, -0.2) is 0 Å². The molecule has 10 rings (SSSR count). The lowest BCUT2D eigenvalue weighted by Gasteiger charge is -2.21. The molecule has 236 valence electrons. The van der Waals surface area contributed by atoms with E-state index in [1.54, 1.807) is 0 Å². The van der Waals surface area contributed by atoms with E-state index < -0.39 is 0 Å². The average molecular weight is 638 g/mol. The van der Waals surface area contributed by atoms with E-state index in [0.717, 1.165) is 5.69 Å². The molecular formula is C49H35N. The summed E-state index contributed by atoms with van der Waals surface area (Å²) in [6.07, 6.45) is 0. The quantitative estimate of drug-likeness (QED) is 0.181. The Morgan fingerprint density at radius 1 is 0.380 bits per heavy atom. The standard InChI is InChI=1S/C49H35N/c1-49(2)44-23-10-8-20-42(44)48-40(22-13-24-45(48)49)34-26-27-47-43(31-34)41-19-9-11-25-46(41)50(47)37-29-35(32-14-4-3-5-15-32)28-36(30-37)39-21-12-17-33-16-6-7-18-38(33)39/h3-31H,1-2H3. The highest BCUT2D eigenvalue weighted by atomic mass is 15.0. The first kappa shape index (κ1) is 28.8. The lowest BCUT2D eigenvalue weighted by Crippen LogP contribution is -2.14. The first-order chi connectivity index (χ1) is 24.6. The number of benzene rings is 8. The number of nitrogens with zero attached hydrogens (tertiary/aromatic N) is 1. The summed E-state index contributed by atoms with van der Waals surface area (Å²) in [5.41, 5.74) is 16.5. The van der Waals surface area contributed by atoms with E-state index in [9.17, 15) is 0 Å². The Kier molecular flexibility index (Phi) is 6.29. The van der Waals surface area contributed by atoms with Crippen molar-refractivity contribution in [3.05, 3.63) is 187 Å². The predicted molar refractivity (Wildman–Crippen MR) is 212 cm³/mol.